The number of ether oxygens (including phenoxy) is 1. The van der Waals surface area contributed by atoms with Gasteiger partial charge in [-0.2, -0.15) is 0 Å². The van der Waals surface area contributed by atoms with Gasteiger partial charge in [-0.05, 0) is 49.1 Å². The standard InChI is InChI=1S/C18H32N2O/c1-6-12-18(3,14-19-13-7-2)15-20(4)16-8-10-17(21-5)11-9-16/h8-11,19H,6-7,12-15H2,1-5H3. The van der Waals surface area contributed by atoms with Crippen LogP contribution in [0.1, 0.15) is 40.0 Å². The van der Waals surface area contributed by atoms with E-state index in [4.69, 9.17) is 4.74 Å². The van der Waals surface area contributed by atoms with Crippen LogP contribution < -0.4 is 15.0 Å². The average Bonchev–Trinajstić information content (AvgIpc) is 2.47. The van der Waals surface area contributed by atoms with Crippen LogP contribution in [0.3, 0.4) is 0 Å². The molecule has 0 aliphatic rings. The molecule has 0 bridgehead atoms. The molecule has 1 unspecified atom stereocenters. The van der Waals surface area contributed by atoms with Crippen molar-refractivity contribution in [2.24, 2.45) is 5.41 Å². The molecule has 21 heavy (non-hydrogen) atoms. The molecular weight excluding hydrogens is 260 g/mol. The fraction of sp³-hybridized carbons (Fsp3) is 0.667. The monoisotopic (exact) mass is 292 g/mol. The number of hydrogen-bond donors (Lipinski definition) is 1. The molecule has 0 aliphatic carbocycles. The Morgan fingerprint density at radius 3 is 2.33 bits per heavy atom. The minimum atomic E-state index is 0.304. The fourth-order valence-corrected chi connectivity index (χ4v) is 2.89. The Morgan fingerprint density at radius 1 is 1.14 bits per heavy atom. The highest BCUT2D eigenvalue weighted by atomic mass is 16.5. The van der Waals surface area contributed by atoms with Crippen molar-refractivity contribution >= 4 is 5.69 Å². The van der Waals surface area contributed by atoms with Gasteiger partial charge in [-0.25, -0.2) is 0 Å². The summed E-state index contributed by atoms with van der Waals surface area (Å²) >= 11 is 0. The van der Waals surface area contributed by atoms with Gasteiger partial charge < -0.3 is 15.0 Å². The Bertz CT molecular complexity index is 391. The Hall–Kier alpha value is -1.22. The second kappa shape index (κ2) is 8.93. The maximum absolute atomic E-state index is 5.23. The lowest BCUT2D eigenvalue weighted by Crippen LogP contribution is -2.41. The van der Waals surface area contributed by atoms with Crippen LogP contribution in [0.15, 0.2) is 24.3 Å². The third-order valence-corrected chi connectivity index (χ3v) is 3.96. The predicted molar refractivity (Wildman–Crippen MR) is 92.4 cm³/mol. The molecule has 1 atom stereocenters. The van der Waals surface area contributed by atoms with Crippen LogP contribution in [0, 0.1) is 5.41 Å². The molecule has 0 amide bonds. The highest BCUT2D eigenvalue weighted by Gasteiger charge is 2.25. The molecule has 3 heteroatoms. The summed E-state index contributed by atoms with van der Waals surface area (Å²) in [5.74, 6) is 0.910. The second-order valence-electron chi connectivity index (χ2n) is 6.29. The maximum atomic E-state index is 5.23. The van der Waals surface area contributed by atoms with E-state index in [0.29, 0.717) is 5.41 Å². The number of rotatable bonds is 10. The van der Waals surface area contributed by atoms with Crippen molar-refractivity contribution in [1.29, 1.82) is 0 Å². The average molecular weight is 292 g/mol. The van der Waals surface area contributed by atoms with Gasteiger partial charge in [0, 0.05) is 25.8 Å². The van der Waals surface area contributed by atoms with Gasteiger partial charge in [-0.15, -0.1) is 0 Å². The summed E-state index contributed by atoms with van der Waals surface area (Å²) in [5, 5.41) is 3.59. The highest BCUT2D eigenvalue weighted by molar-refractivity contribution is 5.48. The molecule has 120 valence electrons. The van der Waals surface area contributed by atoms with Gasteiger partial charge in [0.2, 0.25) is 0 Å². The van der Waals surface area contributed by atoms with Gasteiger partial charge in [-0.3, -0.25) is 0 Å². The molecule has 0 fully saturated rings. The number of anilines is 1. The van der Waals surface area contributed by atoms with E-state index in [1.807, 2.05) is 12.1 Å². The van der Waals surface area contributed by atoms with Crippen LogP contribution in [-0.2, 0) is 0 Å². The number of nitrogens with zero attached hydrogens (tertiary/aromatic N) is 1. The zero-order chi connectivity index (χ0) is 15.7. The lowest BCUT2D eigenvalue weighted by molar-refractivity contribution is 0.284. The van der Waals surface area contributed by atoms with E-state index < -0.39 is 0 Å². The first kappa shape index (κ1) is 17.8. The molecule has 0 aromatic heterocycles. The first-order valence-corrected chi connectivity index (χ1v) is 8.10. The molecule has 1 N–H and O–H groups in total. The van der Waals surface area contributed by atoms with Crippen molar-refractivity contribution in [3.63, 3.8) is 0 Å². The number of methoxy groups -OCH3 is 1. The van der Waals surface area contributed by atoms with E-state index in [9.17, 15) is 0 Å². The zero-order valence-corrected chi connectivity index (χ0v) is 14.4. The summed E-state index contributed by atoms with van der Waals surface area (Å²) in [5.41, 5.74) is 1.55. The molecule has 0 radical (unpaired) electrons. The van der Waals surface area contributed by atoms with E-state index in [1.165, 1.54) is 24.9 Å². The van der Waals surface area contributed by atoms with E-state index in [2.05, 4.69) is 50.2 Å². The van der Waals surface area contributed by atoms with Crippen molar-refractivity contribution in [2.75, 3.05) is 38.7 Å². The Kier molecular flexibility index (Phi) is 7.58. The van der Waals surface area contributed by atoms with E-state index in [0.717, 1.165) is 25.4 Å². The van der Waals surface area contributed by atoms with Crippen molar-refractivity contribution in [3.8, 4) is 5.75 Å². The molecule has 0 saturated carbocycles. The Balaban J connectivity index is 2.67. The van der Waals surface area contributed by atoms with Gasteiger partial charge >= 0.3 is 0 Å². The molecule has 0 aliphatic heterocycles. The zero-order valence-electron chi connectivity index (χ0n) is 14.4. The van der Waals surface area contributed by atoms with Gasteiger partial charge in [0.05, 0.1) is 7.11 Å². The maximum Gasteiger partial charge on any atom is 0.119 e. The lowest BCUT2D eigenvalue weighted by Gasteiger charge is -2.35. The van der Waals surface area contributed by atoms with Crippen molar-refractivity contribution in [3.05, 3.63) is 24.3 Å². The van der Waals surface area contributed by atoms with Crippen LogP contribution in [0.25, 0.3) is 0 Å². The molecule has 0 heterocycles. The van der Waals surface area contributed by atoms with Crippen LogP contribution in [-0.4, -0.2) is 33.8 Å². The molecule has 3 nitrogen and oxygen atoms in total. The first-order chi connectivity index (χ1) is 10.0. The van der Waals surface area contributed by atoms with Crippen LogP contribution in [0.4, 0.5) is 5.69 Å². The Labute approximate surface area is 130 Å². The number of benzene rings is 1. The van der Waals surface area contributed by atoms with Gasteiger partial charge in [0.15, 0.2) is 0 Å². The van der Waals surface area contributed by atoms with Crippen molar-refractivity contribution in [1.82, 2.24) is 5.32 Å². The summed E-state index contributed by atoms with van der Waals surface area (Å²) in [6.45, 7) is 10.1. The van der Waals surface area contributed by atoms with Crippen LogP contribution >= 0.6 is 0 Å². The summed E-state index contributed by atoms with van der Waals surface area (Å²) in [6.07, 6.45) is 3.65. The van der Waals surface area contributed by atoms with E-state index in [1.54, 1.807) is 7.11 Å². The molecule has 1 aromatic carbocycles. The highest BCUT2D eigenvalue weighted by Crippen LogP contribution is 2.27. The van der Waals surface area contributed by atoms with Crippen LogP contribution in [0.2, 0.25) is 0 Å². The molecule has 1 rings (SSSR count). The van der Waals surface area contributed by atoms with E-state index >= 15 is 0 Å². The minimum Gasteiger partial charge on any atom is -0.497 e. The number of nitrogens with one attached hydrogen (secondary N) is 1. The Morgan fingerprint density at radius 2 is 1.81 bits per heavy atom. The summed E-state index contributed by atoms with van der Waals surface area (Å²) < 4.78 is 5.23. The first-order valence-electron chi connectivity index (χ1n) is 8.10. The molecule has 0 saturated heterocycles. The summed E-state index contributed by atoms with van der Waals surface area (Å²) in [6, 6.07) is 8.31. The topological polar surface area (TPSA) is 24.5 Å². The van der Waals surface area contributed by atoms with Crippen molar-refractivity contribution < 1.29 is 4.74 Å². The minimum absolute atomic E-state index is 0.304. The van der Waals surface area contributed by atoms with E-state index in [-0.39, 0.29) is 0 Å². The molecular formula is C18H32N2O. The SMILES string of the molecule is CCCNCC(C)(CCC)CN(C)c1ccc(OC)cc1. The van der Waals surface area contributed by atoms with Gasteiger partial charge in [0.25, 0.3) is 0 Å². The molecule has 0 spiro atoms. The summed E-state index contributed by atoms with van der Waals surface area (Å²) in [4.78, 5) is 2.35. The van der Waals surface area contributed by atoms with Gasteiger partial charge in [-0.1, -0.05) is 27.2 Å². The largest absolute Gasteiger partial charge is 0.497 e. The molecule has 1 aromatic rings. The smallest absolute Gasteiger partial charge is 0.119 e. The third-order valence-electron chi connectivity index (χ3n) is 3.96. The fourth-order valence-electron chi connectivity index (χ4n) is 2.89. The normalized spacial score (nSPS) is 13.8. The van der Waals surface area contributed by atoms with Crippen molar-refractivity contribution in [2.45, 2.75) is 40.0 Å². The number of hydrogen-bond acceptors (Lipinski definition) is 3. The predicted octanol–water partition coefficient (Wildman–Crippen LogP) is 3.94. The second-order valence-corrected chi connectivity index (χ2v) is 6.29. The summed E-state index contributed by atoms with van der Waals surface area (Å²) in [7, 11) is 3.88. The van der Waals surface area contributed by atoms with Gasteiger partial charge in [0.1, 0.15) is 5.75 Å². The lowest BCUT2D eigenvalue weighted by atomic mass is 9.84. The van der Waals surface area contributed by atoms with Crippen LogP contribution in [0.5, 0.6) is 5.75 Å². The quantitative estimate of drug-likeness (QED) is 0.661. The third kappa shape index (κ3) is 5.96.